The summed E-state index contributed by atoms with van der Waals surface area (Å²) in [4.78, 5) is 34.0. The lowest BCUT2D eigenvalue weighted by molar-refractivity contribution is -0.118. The van der Waals surface area contributed by atoms with Crippen molar-refractivity contribution in [2.45, 2.75) is 24.9 Å². The minimum atomic E-state index is -0.137. The van der Waals surface area contributed by atoms with Gasteiger partial charge in [-0.15, -0.1) is 0 Å². The maximum Gasteiger partial charge on any atom is 0.266 e. The molecule has 5 rings (SSSR count). The molecule has 1 amide bonds. The molecule has 6 nitrogen and oxygen atoms in total. The third kappa shape index (κ3) is 4.86. The number of rotatable bonds is 8. The first kappa shape index (κ1) is 22.9. The van der Waals surface area contributed by atoms with Crippen LogP contribution in [0, 0.1) is 0 Å². The molecule has 35 heavy (non-hydrogen) atoms. The molecule has 0 atom stereocenters. The monoisotopic (exact) mass is 482 g/mol. The van der Waals surface area contributed by atoms with Crippen LogP contribution in [0.1, 0.15) is 18.1 Å². The molecule has 0 unspecified atom stereocenters. The predicted octanol–water partition coefficient (Wildman–Crippen LogP) is 4.88. The first-order valence-corrected chi connectivity index (χ1v) is 12.7. The zero-order valence-electron chi connectivity index (χ0n) is 19.5. The van der Waals surface area contributed by atoms with Crippen LogP contribution in [0.5, 0.6) is 0 Å². The Balaban J connectivity index is 1.32. The number of hydrogen-bond acceptors (Lipinski definition) is 4. The van der Waals surface area contributed by atoms with Crippen molar-refractivity contribution in [2.24, 2.45) is 0 Å². The summed E-state index contributed by atoms with van der Waals surface area (Å²) in [5.74, 6) is 0.0799. The maximum atomic E-state index is 13.4. The Hall–Kier alpha value is -3.84. The van der Waals surface area contributed by atoms with Crippen LogP contribution >= 0.6 is 11.8 Å². The normalized spacial score (nSPS) is 11.2. The number of aromatic nitrogens is 3. The number of H-pyrrole nitrogens is 1. The lowest BCUT2D eigenvalue weighted by Crippen LogP contribution is -2.28. The van der Waals surface area contributed by atoms with Crippen molar-refractivity contribution in [1.82, 2.24) is 19.9 Å². The van der Waals surface area contributed by atoms with Crippen LogP contribution in [0.15, 0.2) is 88.9 Å². The van der Waals surface area contributed by atoms with Gasteiger partial charge in [0.05, 0.1) is 22.3 Å². The second-order valence-corrected chi connectivity index (χ2v) is 9.26. The van der Waals surface area contributed by atoms with Gasteiger partial charge in [0.15, 0.2) is 5.16 Å². The van der Waals surface area contributed by atoms with Crippen LogP contribution < -0.4 is 10.9 Å². The highest BCUT2D eigenvalue weighted by Crippen LogP contribution is 2.22. The summed E-state index contributed by atoms with van der Waals surface area (Å²) in [6, 6.07) is 23.3. The fourth-order valence-electron chi connectivity index (χ4n) is 4.17. The van der Waals surface area contributed by atoms with Crippen molar-refractivity contribution in [2.75, 3.05) is 12.3 Å². The lowest BCUT2D eigenvalue weighted by atomic mass is 10.1. The van der Waals surface area contributed by atoms with Gasteiger partial charge in [-0.05, 0) is 54.3 Å². The fraction of sp³-hybridized carbons (Fsp3) is 0.179. The first-order chi connectivity index (χ1) is 17.1. The number of carbonyl (C=O) groups excluding carboxylic acids is 1. The summed E-state index contributed by atoms with van der Waals surface area (Å²) in [5, 5.41) is 5.23. The number of nitrogens with zero attached hydrogens (tertiary/aromatic N) is 2. The van der Waals surface area contributed by atoms with Crippen LogP contribution in [0.4, 0.5) is 0 Å². The number of aromatic amines is 1. The predicted molar refractivity (Wildman–Crippen MR) is 142 cm³/mol. The van der Waals surface area contributed by atoms with Crippen molar-refractivity contribution in [3.63, 3.8) is 0 Å². The van der Waals surface area contributed by atoms with Crippen LogP contribution in [-0.2, 0) is 17.6 Å². The molecular formula is C28H26N4O2S. The summed E-state index contributed by atoms with van der Waals surface area (Å²) in [6.07, 6.45) is 3.65. The third-order valence-corrected chi connectivity index (χ3v) is 7.01. The Bertz CT molecular complexity index is 1550. The third-order valence-electron chi connectivity index (χ3n) is 6.07. The van der Waals surface area contributed by atoms with Crippen molar-refractivity contribution >= 4 is 39.5 Å². The molecule has 0 spiro atoms. The molecule has 7 heteroatoms. The molecule has 0 aliphatic carbocycles. The molecule has 0 saturated heterocycles. The number of nitrogens with one attached hydrogen (secondary N) is 2. The highest BCUT2D eigenvalue weighted by molar-refractivity contribution is 7.99. The number of fused-ring (bicyclic) bond motifs is 2. The summed E-state index contributed by atoms with van der Waals surface area (Å²) >= 11 is 1.27. The minimum Gasteiger partial charge on any atom is -0.361 e. The molecule has 0 aliphatic rings. The van der Waals surface area contributed by atoms with Crippen LogP contribution in [0.2, 0.25) is 0 Å². The largest absolute Gasteiger partial charge is 0.361 e. The van der Waals surface area contributed by atoms with Gasteiger partial charge in [0.1, 0.15) is 0 Å². The smallest absolute Gasteiger partial charge is 0.266 e. The summed E-state index contributed by atoms with van der Waals surface area (Å²) in [7, 11) is 0. The van der Waals surface area contributed by atoms with Gasteiger partial charge in [0.25, 0.3) is 5.56 Å². The Morgan fingerprint density at radius 1 is 1.00 bits per heavy atom. The molecule has 2 N–H and O–H groups in total. The summed E-state index contributed by atoms with van der Waals surface area (Å²) < 4.78 is 1.60. The fourth-order valence-corrected chi connectivity index (χ4v) is 5.02. The number of hydrogen-bond donors (Lipinski definition) is 2. The van der Waals surface area contributed by atoms with Crippen LogP contribution in [0.25, 0.3) is 27.5 Å². The Morgan fingerprint density at radius 2 is 1.74 bits per heavy atom. The van der Waals surface area contributed by atoms with Crippen LogP contribution in [-0.4, -0.2) is 32.7 Å². The highest BCUT2D eigenvalue weighted by atomic mass is 32.2. The SMILES string of the molecule is CCc1ccc(-n2c(SCC(=O)NCCc3c[nH]c4ccccc34)nc3ccccc3c2=O)cc1. The molecule has 0 aliphatic heterocycles. The number of carbonyl (C=O) groups is 1. The second kappa shape index (κ2) is 10.2. The molecule has 3 aromatic carbocycles. The number of thioether (sulfide) groups is 1. The van der Waals surface area contributed by atoms with Crippen molar-refractivity contribution in [3.05, 3.63) is 100 Å². The Labute approximate surface area is 207 Å². The number of amides is 1. The first-order valence-electron chi connectivity index (χ1n) is 11.7. The van der Waals surface area contributed by atoms with E-state index >= 15 is 0 Å². The molecule has 0 fully saturated rings. The van der Waals surface area contributed by atoms with Gasteiger partial charge in [-0.25, -0.2) is 4.98 Å². The quantitative estimate of drug-likeness (QED) is 0.244. The van der Waals surface area contributed by atoms with Crippen LogP contribution in [0.3, 0.4) is 0 Å². The van der Waals surface area contributed by atoms with E-state index in [2.05, 4.69) is 23.3 Å². The highest BCUT2D eigenvalue weighted by Gasteiger charge is 2.15. The van der Waals surface area contributed by atoms with Crippen molar-refractivity contribution in [3.8, 4) is 5.69 Å². The van der Waals surface area contributed by atoms with Gasteiger partial charge < -0.3 is 10.3 Å². The van der Waals surface area contributed by atoms with Crippen molar-refractivity contribution < 1.29 is 4.79 Å². The van der Waals surface area contributed by atoms with E-state index < -0.39 is 0 Å². The lowest BCUT2D eigenvalue weighted by Gasteiger charge is -2.13. The molecule has 2 aromatic heterocycles. The standard InChI is InChI=1S/C28H26N4O2S/c1-2-19-11-13-21(14-12-19)32-27(34)23-8-4-6-10-25(23)31-28(32)35-18-26(33)29-16-15-20-17-30-24-9-5-3-7-22(20)24/h3-14,17,30H,2,15-16,18H2,1H3,(H,29,33). The topological polar surface area (TPSA) is 79.8 Å². The number of aryl methyl sites for hydroxylation is 1. The Kier molecular flexibility index (Phi) is 6.68. The average molecular weight is 483 g/mol. The summed E-state index contributed by atoms with van der Waals surface area (Å²) in [6.45, 7) is 2.63. The molecular weight excluding hydrogens is 456 g/mol. The molecule has 176 valence electrons. The number of benzene rings is 3. The zero-order chi connectivity index (χ0) is 24.2. The Morgan fingerprint density at radius 3 is 2.54 bits per heavy atom. The van der Waals surface area contributed by atoms with E-state index in [1.807, 2.05) is 66.9 Å². The van der Waals surface area contributed by atoms with E-state index in [1.165, 1.54) is 28.3 Å². The van der Waals surface area contributed by atoms with E-state index in [0.29, 0.717) is 22.6 Å². The van der Waals surface area contributed by atoms with Crippen molar-refractivity contribution in [1.29, 1.82) is 0 Å². The number of para-hydroxylation sites is 2. The molecule has 0 radical (unpaired) electrons. The van der Waals surface area contributed by atoms with Gasteiger partial charge in [-0.1, -0.05) is 61.2 Å². The van der Waals surface area contributed by atoms with Gasteiger partial charge in [0, 0.05) is 23.6 Å². The van der Waals surface area contributed by atoms with E-state index in [1.54, 1.807) is 10.6 Å². The van der Waals surface area contributed by atoms with E-state index in [0.717, 1.165) is 24.0 Å². The molecule has 5 aromatic rings. The van der Waals surface area contributed by atoms with Gasteiger partial charge in [-0.2, -0.15) is 0 Å². The van der Waals surface area contributed by atoms with Gasteiger partial charge >= 0.3 is 0 Å². The van der Waals surface area contributed by atoms with Gasteiger partial charge in [-0.3, -0.25) is 14.2 Å². The second-order valence-electron chi connectivity index (χ2n) is 8.32. The molecule has 0 bridgehead atoms. The van der Waals surface area contributed by atoms with Gasteiger partial charge in [0.2, 0.25) is 5.91 Å². The van der Waals surface area contributed by atoms with E-state index in [-0.39, 0.29) is 17.2 Å². The molecule has 0 saturated carbocycles. The van der Waals surface area contributed by atoms with E-state index in [4.69, 9.17) is 4.98 Å². The van der Waals surface area contributed by atoms with E-state index in [9.17, 15) is 9.59 Å². The molecule has 2 heterocycles. The zero-order valence-corrected chi connectivity index (χ0v) is 20.3. The minimum absolute atomic E-state index is 0.0925. The maximum absolute atomic E-state index is 13.4. The summed E-state index contributed by atoms with van der Waals surface area (Å²) in [5.41, 5.74) is 4.70. The average Bonchev–Trinajstić information content (AvgIpc) is 3.31.